The number of primary amides is 2. The van der Waals surface area contributed by atoms with E-state index in [9.17, 15) is 0 Å². The number of hydrogen-bond donors (Lipinski definition) is 3. The smallest absolute Gasteiger partial charge is 0.309 e. The van der Waals surface area contributed by atoms with E-state index in [0.29, 0.717) is 6.54 Å². The third-order valence-corrected chi connectivity index (χ3v) is 0.958. The summed E-state index contributed by atoms with van der Waals surface area (Å²) in [5.41, 5.74) is 14.9. The second kappa shape index (κ2) is 6.11. The lowest BCUT2D eigenvalue weighted by Gasteiger charge is -1.89. The van der Waals surface area contributed by atoms with Gasteiger partial charge in [0.05, 0.1) is 0 Å². The summed E-state index contributed by atoms with van der Waals surface area (Å²) in [4.78, 5) is 12.9. The van der Waals surface area contributed by atoms with E-state index in [-0.39, 0.29) is 0 Å². The van der Waals surface area contributed by atoms with Gasteiger partial charge < -0.3 is 17.2 Å². The van der Waals surface area contributed by atoms with Crippen molar-refractivity contribution in [2.75, 3.05) is 0 Å². The maximum atomic E-state index is 9.00. The molecule has 0 spiro atoms. The minimum absolute atomic E-state index is 0.577. The summed E-state index contributed by atoms with van der Waals surface area (Å²) in [7, 11) is 0. The van der Waals surface area contributed by atoms with Crippen molar-refractivity contribution in [1.29, 1.82) is 0 Å². The number of rotatable bonds is 1. The van der Waals surface area contributed by atoms with Crippen molar-refractivity contribution in [2.45, 2.75) is 6.54 Å². The highest BCUT2D eigenvalue weighted by Crippen LogP contribution is 1.90. The maximum absolute atomic E-state index is 9.00. The van der Waals surface area contributed by atoms with Crippen LogP contribution >= 0.6 is 0 Å². The summed E-state index contributed by atoms with van der Waals surface area (Å²) < 4.78 is 0. The van der Waals surface area contributed by atoms with Gasteiger partial charge in [-0.25, -0.2) is 4.79 Å². The minimum atomic E-state index is -0.833. The Morgan fingerprint density at radius 2 is 2.08 bits per heavy atom. The Hall–Kier alpha value is -1.62. The molecule has 1 aromatic rings. The third-order valence-electron chi connectivity index (χ3n) is 0.958. The normalized spacial score (nSPS) is 8.08. The first-order valence-corrected chi connectivity index (χ1v) is 3.30. The molecule has 5 nitrogen and oxygen atoms in total. The topological polar surface area (TPSA) is 108 Å². The van der Waals surface area contributed by atoms with Gasteiger partial charge >= 0.3 is 6.03 Å². The number of urea groups is 1. The second-order valence-electron chi connectivity index (χ2n) is 1.97. The van der Waals surface area contributed by atoms with Crippen molar-refractivity contribution >= 4 is 6.03 Å². The van der Waals surface area contributed by atoms with E-state index < -0.39 is 6.03 Å². The number of hydrogen-bond acceptors (Lipinski definition) is 3. The Labute approximate surface area is 70.6 Å². The van der Waals surface area contributed by atoms with Gasteiger partial charge in [-0.05, 0) is 11.6 Å². The van der Waals surface area contributed by atoms with Gasteiger partial charge in [0.1, 0.15) is 0 Å². The van der Waals surface area contributed by atoms with Gasteiger partial charge in [-0.1, -0.05) is 6.07 Å². The van der Waals surface area contributed by atoms with Gasteiger partial charge in [0.2, 0.25) is 0 Å². The van der Waals surface area contributed by atoms with Crippen molar-refractivity contribution in [3.8, 4) is 0 Å². The van der Waals surface area contributed by atoms with E-state index in [2.05, 4.69) is 16.5 Å². The first-order chi connectivity index (χ1) is 5.66. The number of pyridine rings is 1. The van der Waals surface area contributed by atoms with Crippen molar-refractivity contribution in [2.24, 2.45) is 17.2 Å². The average molecular weight is 168 g/mol. The molecule has 0 unspecified atom stereocenters. The van der Waals surface area contributed by atoms with Crippen LogP contribution in [0.25, 0.3) is 0 Å². The minimum Gasteiger partial charge on any atom is -0.352 e. The van der Waals surface area contributed by atoms with Crippen LogP contribution in [0.5, 0.6) is 0 Å². The SMILES string of the molecule is NC(N)=O.NCc1cccnc1. The molecule has 0 saturated carbocycles. The lowest BCUT2D eigenvalue weighted by molar-refractivity contribution is 0.256. The molecule has 12 heavy (non-hydrogen) atoms. The van der Waals surface area contributed by atoms with E-state index in [1.165, 1.54) is 0 Å². The Morgan fingerprint density at radius 1 is 1.50 bits per heavy atom. The molecule has 0 fully saturated rings. The Balaban J connectivity index is 0.000000261. The van der Waals surface area contributed by atoms with Gasteiger partial charge in [-0.3, -0.25) is 4.98 Å². The fourth-order valence-electron chi connectivity index (χ4n) is 0.519. The zero-order valence-corrected chi connectivity index (χ0v) is 6.60. The molecule has 1 rings (SSSR count). The molecule has 0 aliphatic carbocycles. The van der Waals surface area contributed by atoms with Crippen molar-refractivity contribution < 1.29 is 4.79 Å². The van der Waals surface area contributed by atoms with E-state index in [1.807, 2.05) is 12.1 Å². The van der Waals surface area contributed by atoms with Crippen LogP contribution in [0.3, 0.4) is 0 Å². The molecule has 6 N–H and O–H groups in total. The van der Waals surface area contributed by atoms with Gasteiger partial charge in [-0.15, -0.1) is 0 Å². The van der Waals surface area contributed by atoms with Crippen molar-refractivity contribution in [1.82, 2.24) is 4.98 Å². The lowest BCUT2D eigenvalue weighted by Crippen LogP contribution is -2.18. The zero-order valence-electron chi connectivity index (χ0n) is 6.60. The maximum Gasteiger partial charge on any atom is 0.309 e. The molecule has 0 aromatic carbocycles. The fraction of sp³-hybridized carbons (Fsp3) is 0.143. The molecule has 1 heterocycles. The van der Waals surface area contributed by atoms with Crippen LogP contribution in [0.2, 0.25) is 0 Å². The highest BCUT2D eigenvalue weighted by Gasteiger charge is 1.81. The predicted octanol–water partition coefficient (Wildman–Crippen LogP) is -0.436. The molecule has 0 saturated heterocycles. The summed E-state index contributed by atoms with van der Waals surface area (Å²) in [5.74, 6) is 0. The lowest BCUT2D eigenvalue weighted by atomic mass is 10.3. The Morgan fingerprint density at radius 3 is 2.33 bits per heavy atom. The van der Waals surface area contributed by atoms with E-state index in [4.69, 9.17) is 10.5 Å². The fourth-order valence-corrected chi connectivity index (χ4v) is 0.519. The van der Waals surface area contributed by atoms with Gasteiger partial charge in [0, 0.05) is 18.9 Å². The molecular weight excluding hydrogens is 156 g/mol. The summed E-state index contributed by atoms with van der Waals surface area (Å²) in [6.45, 7) is 0.577. The molecule has 0 bridgehead atoms. The van der Waals surface area contributed by atoms with E-state index in [0.717, 1.165) is 5.56 Å². The van der Waals surface area contributed by atoms with Crippen LogP contribution in [0.4, 0.5) is 4.79 Å². The number of amides is 2. The van der Waals surface area contributed by atoms with E-state index in [1.54, 1.807) is 12.4 Å². The number of nitrogens with two attached hydrogens (primary N) is 3. The largest absolute Gasteiger partial charge is 0.352 e. The monoisotopic (exact) mass is 168 g/mol. The number of nitrogens with zero attached hydrogens (tertiary/aromatic N) is 1. The second-order valence-corrected chi connectivity index (χ2v) is 1.97. The number of aromatic nitrogens is 1. The van der Waals surface area contributed by atoms with E-state index >= 15 is 0 Å². The van der Waals surface area contributed by atoms with Gasteiger partial charge in [0.25, 0.3) is 0 Å². The highest BCUT2D eigenvalue weighted by molar-refractivity contribution is 5.69. The molecule has 0 radical (unpaired) electrons. The summed E-state index contributed by atoms with van der Waals surface area (Å²) in [6.07, 6.45) is 3.50. The average Bonchev–Trinajstić information content (AvgIpc) is 2.05. The van der Waals surface area contributed by atoms with Crippen molar-refractivity contribution in [3.05, 3.63) is 30.1 Å². The van der Waals surface area contributed by atoms with Gasteiger partial charge in [-0.2, -0.15) is 0 Å². The van der Waals surface area contributed by atoms with Crippen molar-refractivity contribution in [3.63, 3.8) is 0 Å². The number of carbonyl (C=O) groups excluding carboxylic acids is 1. The summed E-state index contributed by atoms with van der Waals surface area (Å²) in [5, 5.41) is 0. The molecule has 0 aliphatic heterocycles. The van der Waals surface area contributed by atoms with Crippen LogP contribution in [-0.4, -0.2) is 11.0 Å². The van der Waals surface area contributed by atoms with Crippen LogP contribution in [0.1, 0.15) is 5.56 Å². The molecule has 0 aliphatic rings. The Kier molecular flexibility index (Phi) is 5.29. The molecule has 0 atom stereocenters. The predicted molar refractivity (Wildman–Crippen MR) is 45.9 cm³/mol. The number of carbonyl (C=O) groups is 1. The molecular formula is C7H12N4O. The highest BCUT2D eigenvalue weighted by atomic mass is 16.2. The molecule has 66 valence electrons. The third kappa shape index (κ3) is 6.50. The van der Waals surface area contributed by atoms with Crippen LogP contribution in [-0.2, 0) is 6.54 Å². The summed E-state index contributed by atoms with van der Waals surface area (Å²) >= 11 is 0. The molecule has 1 aromatic heterocycles. The quantitative estimate of drug-likeness (QED) is 0.529. The zero-order chi connectivity index (χ0) is 9.40. The van der Waals surface area contributed by atoms with Crippen LogP contribution in [0, 0.1) is 0 Å². The first kappa shape index (κ1) is 10.4. The van der Waals surface area contributed by atoms with Gasteiger partial charge in [0.15, 0.2) is 0 Å². The Bertz CT molecular complexity index is 220. The summed E-state index contributed by atoms with van der Waals surface area (Å²) in [6, 6.07) is 3.00. The van der Waals surface area contributed by atoms with Crippen LogP contribution < -0.4 is 17.2 Å². The molecule has 5 heteroatoms. The van der Waals surface area contributed by atoms with Crippen LogP contribution in [0.15, 0.2) is 24.5 Å². The standard InChI is InChI=1S/C6H8N2.CH4N2O/c7-4-6-2-1-3-8-5-6;2-1(3)4/h1-3,5H,4,7H2;(H4,2,3,4). The molecule has 2 amide bonds. The first-order valence-electron chi connectivity index (χ1n) is 3.30.